The average molecular weight is 334 g/mol. The Kier molecular flexibility index (Phi) is 6.12. The molecule has 0 aliphatic carbocycles. The Morgan fingerprint density at radius 2 is 2.04 bits per heavy atom. The van der Waals surface area contributed by atoms with E-state index < -0.39 is 5.97 Å². The van der Waals surface area contributed by atoms with Crippen LogP contribution in [0, 0.1) is 0 Å². The molecule has 2 rings (SSSR count). The highest BCUT2D eigenvalue weighted by molar-refractivity contribution is 7.13. The van der Waals surface area contributed by atoms with Crippen LogP contribution in [0.15, 0.2) is 29.6 Å². The monoisotopic (exact) mass is 334 g/mol. The Labute approximate surface area is 140 Å². The van der Waals surface area contributed by atoms with Crippen LogP contribution in [0.25, 0.3) is 10.6 Å². The number of hydrogen-bond acceptors (Lipinski definition) is 5. The molecule has 23 heavy (non-hydrogen) atoms. The lowest BCUT2D eigenvalue weighted by Gasteiger charge is -2.23. The molecule has 0 bridgehead atoms. The predicted octanol–water partition coefficient (Wildman–Crippen LogP) is 3.50. The van der Waals surface area contributed by atoms with E-state index in [0.717, 1.165) is 22.0 Å². The molecule has 0 amide bonds. The normalized spacial score (nSPS) is 11.2. The molecule has 6 heteroatoms. The van der Waals surface area contributed by atoms with Gasteiger partial charge in [-0.15, -0.1) is 11.3 Å². The number of nitrogens with zero attached hydrogens (tertiary/aromatic N) is 2. The van der Waals surface area contributed by atoms with Crippen molar-refractivity contribution in [2.24, 2.45) is 0 Å². The van der Waals surface area contributed by atoms with Gasteiger partial charge in [-0.1, -0.05) is 0 Å². The van der Waals surface area contributed by atoms with Crippen molar-refractivity contribution in [1.29, 1.82) is 0 Å². The van der Waals surface area contributed by atoms with Crippen molar-refractivity contribution in [1.82, 2.24) is 9.88 Å². The Bertz CT molecular complexity index is 638. The lowest BCUT2D eigenvalue weighted by atomic mass is 10.2. The fourth-order valence-electron chi connectivity index (χ4n) is 2.18. The van der Waals surface area contributed by atoms with Crippen LogP contribution in [0.4, 0.5) is 0 Å². The molecule has 0 unspecified atom stereocenters. The summed E-state index contributed by atoms with van der Waals surface area (Å²) in [6.45, 7) is 7.14. The molecular weight excluding hydrogens is 312 g/mol. The van der Waals surface area contributed by atoms with Gasteiger partial charge < -0.3 is 9.84 Å². The zero-order valence-corrected chi connectivity index (χ0v) is 14.5. The SMILES string of the molecule is CCOc1ccc(-c2nc(CN(CC(=O)O)C(C)C)cs2)cc1. The maximum absolute atomic E-state index is 10.9. The zero-order valence-electron chi connectivity index (χ0n) is 13.7. The smallest absolute Gasteiger partial charge is 0.317 e. The minimum absolute atomic E-state index is 0.0214. The number of hydrogen-bond donors (Lipinski definition) is 1. The van der Waals surface area contributed by atoms with Crippen LogP contribution in [-0.2, 0) is 11.3 Å². The van der Waals surface area contributed by atoms with Gasteiger partial charge in [-0.2, -0.15) is 0 Å². The fraction of sp³-hybridized carbons (Fsp3) is 0.412. The molecule has 0 aliphatic heterocycles. The Hall–Kier alpha value is -1.92. The van der Waals surface area contributed by atoms with Crippen molar-refractivity contribution in [3.05, 3.63) is 35.3 Å². The third-order valence-corrected chi connectivity index (χ3v) is 4.34. The van der Waals surface area contributed by atoms with Crippen LogP contribution in [-0.4, -0.2) is 40.2 Å². The van der Waals surface area contributed by atoms with Crippen molar-refractivity contribution in [3.63, 3.8) is 0 Å². The molecule has 1 aromatic heterocycles. The van der Waals surface area contributed by atoms with Crippen LogP contribution in [0.1, 0.15) is 26.5 Å². The van der Waals surface area contributed by atoms with Gasteiger partial charge in [-0.05, 0) is 45.0 Å². The number of aromatic nitrogens is 1. The molecule has 0 aliphatic rings. The second kappa shape index (κ2) is 8.08. The highest BCUT2D eigenvalue weighted by atomic mass is 32.1. The van der Waals surface area contributed by atoms with E-state index in [1.807, 2.05) is 55.3 Å². The van der Waals surface area contributed by atoms with Crippen LogP contribution >= 0.6 is 11.3 Å². The number of carboxylic acids is 1. The summed E-state index contributed by atoms with van der Waals surface area (Å²) in [6, 6.07) is 8.01. The first-order valence-electron chi connectivity index (χ1n) is 7.63. The topological polar surface area (TPSA) is 62.7 Å². The highest BCUT2D eigenvalue weighted by Crippen LogP contribution is 2.26. The van der Waals surface area contributed by atoms with E-state index in [1.54, 1.807) is 11.3 Å². The van der Waals surface area contributed by atoms with Crippen LogP contribution in [0.3, 0.4) is 0 Å². The van der Waals surface area contributed by atoms with Crippen molar-refractivity contribution in [2.45, 2.75) is 33.4 Å². The maximum atomic E-state index is 10.9. The molecule has 1 N–H and O–H groups in total. The summed E-state index contributed by atoms with van der Waals surface area (Å²) >= 11 is 1.57. The molecule has 1 heterocycles. The average Bonchev–Trinajstić information content (AvgIpc) is 2.96. The fourth-order valence-corrected chi connectivity index (χ4v) is 2.99. The quantitative estimate of drug-likeness (QED) is 0.800. The van der Waals surface area contributed by atoms with E-state index in [-0.39, 0.29) is 12.6 Å². The first-order chi connectivity index (χ1) is 11.0. The molecule has 0 atom stereocenters. The van der Waals surface area contributed by atoms with E-state index in [2.05, 4.69) is 4.98 Å². The van der Waals surface area contributed by atoms with Crippen LogP contribution in [0.5, 0.6) is 5.75 Å². The third kappa shape index (κ3) is 5.04. The lowest BCUT2D eigenvalue weighted by molar-refractivity contribution is -0.138. The molecule has 5 nitrogen and oxygen atoms in total. The number of benzene rings is 1. The summed E-state index contributed by atoms with van der Waals surface area (Å²) in [5, 5.41) is 11.9. The van der Waals surface area contributed by atoms with E-state index in [4.69, 9.17) is 9.84 Å². The summed E-state index contributed by atoms with van der Waals surface area (Å²) in [4.78, 5) is 17.5. The van der Waals surface area contributed by atoms with Crippen LogP contribution in [0.2, 0.25) is 0 Å². The van der Waals surface area contributed by atoms with Gasteiger partial charge in [0.1, 0.15) is 10.8 Å². The van der Waals surface area contributed by atoms with Gasteiger partial charge >= 0.3 is 5.97 Å². The minimum atomic E-state index is -0.819. The lowest BCUT2D eigenvalue weighted by Crippen LogP contribution is -2.35. The van der Waals surface area contributed by atoms with Crippen LogP contribution < -0.4 is 4.74 Å². The molecule has 0 spiro atoms. The van der Waals surface area contributed by atoms with Crippen molar-refractivity contribution >= 4 is 17.3 Å². The van der Waals surface area contributed by atoms with Gasteiger partial charge in [0.2, 0.25) is 0 Å². The molecule has 124 valence electrons. The third-order valence-electron chi connectivity index (χ3n) is 3.40. The largest absolute Gasteiger partial charge is 0.494 e. The van der Waals surface area contributed by atoms with E-state index >= 15 is 0 Å². The minimum Gasteiger partial charge on any atom is -0.494 e. The van der Waals surface area contributed by atoms with Crippen molar-refractivity contribution < 1.29 is 14.6 Å². The molecule has 0 fully saturated rings. The molecule has 0 radical (unpaired) electrons. The number of thiazole rings is 1. The number of carbonyl (C=O) groups is 1. The molecular formula is C17H22N2O3S. The van der Waals surface area contributed by atoms with Gasteiger partial charge in [-0.25, -0.2) is 4.98 Å². The number of aliphatic carboxylic acids is 1. The number of carboxylic acid groups (broad SMARTS) is 1. The Morgan fingerprint density at radius 3 is 2.61 bits per heavy atom. The maximum Gasteiger partial charge on any atom is 0.317 e. The second-order valence-corrected chi connectivity index (χ2v) is 6.35. The zero-order chi connectivity index (χ0) is 16.8. The first-order valence-corrected chi connectivity index (χ1v) is 8.51. The Balaban J connectivity index is 2.08. The molecule has 0 saturated carbocycles. The van der Waals surface area contributed by atoms with Gasteiger partial charge in [-0.3, -0.25) is 9.69 Å². The number of ether oxygens (including phenoxy) is 1. The Morgan fingerprint density at radius 1 is 1.35 bits per heavy atom. The van der Waals surface area contributed by atoms with Gasteiger partial charge in [0.25, 0.3) is 0 Å². The van der Waals surface area contributed by atoms with Gasteiger partial charge in [0, 0.05) is 23.5 Å². The molecule has 0 saturated heterocycles. The van der Waals surface area contributed by atoms with E-state index in [0.29, 0.717) is 13.2 Å². The summed E-state index contributed by atoms with van der Waals surface area (Å²) < 4.78 is 5.44. The number of rotatable bonds is 8. The van der Waals surface area contributed by atoms with Crippen molar-refractivity contribution in [2.75, 3.05) is 13.2 Å². The van der Waals surface area contributed by atoms with Gasteiger partial charge in [0.05, 0.1) is 18.8 Å². The molecule has 1 aromatic carbocycles. The van der Waals surface area contributed by atoms with Gasteiger partial charge in [0.15, 0.2) is 0 Å². The summed E-state index contributed by atoms with van der Waals surface area (Å²) in [5.41, 5.74) is 1.94. The summed E-state index contributed by atoms with van der Waals surface area (Å²) in [6.07, 6.45) is 0. The summed E-state index contributed by atoms with van der Waals surface area (Å²) in [7, 11) is 0. The van der Waals surface area contributed by atoms with E-state index in [1.165, 1.54) is 0 Å². The van der Waals surface area contributed by atoms with Crippen molar-refractivity contribution in [3.8, 4) is 16.3 Å². The van der Waals surface area contributed by atoms with E-state index in [9.17, 15) is 4.79 Å². The predicted molar refractivity (Wildman–Crippen MR) is 91.9 cm³/mol. The highest BCUT2D eigenvalue weighted by Gasteiger charge is 2.15. The molecule has 2 aromatic rings. The standard InChI is InChI=1S/C17H22N2O3S/c1-4-22-15-7-5-13(6-8-15)17-18-14(11-23-17)9-19(12(2)3)10-16(20)21/h5-8,11-12H,4,9-10H2,1-3H3,(H,20,21). The second-order valence-electron chi connectivity index (χ2n) is 5.49. The summed E-state index contributed by atoms with van der Waals surface area (Å²) in [5.74, 6) is 0.0288. The first kappa shape index (κ1) is 17.4.